The molecule has 1 N–H and O–H groups in total. The maximum absolute atomic E-state index is 12.4. The molecule has 9 heteroatoms. The SMILES string of the molecule is CCSC1CCC(NS(=O)(=O)c2scnc2C(=O)OC)C1. The molecule has 6 nitrogen and oxygen atoms in total. The highest BCUT2D eigenvalue weighted by atomic mass is 32.2. The van der Waals surface area contributed by atoms with Gasteiger partial charge in [-0.3, -0.25) is 0 Å². The molecule has 0 spiro atoms. The van der Waals surface area contributed by atoms with Gasteiger partial charge in [-0.25, -0.2) is 22.9 Å². The van der Waals surface area contributed by atoms with Gasteiger partial charge in [-0.05, 0) is 25.0 Å². The summed E-state index contributed by atoms with van der Waals surface area (Å²) in [7, 11) is -2.53. The summed E-state index contributed by atoms with van der Waals surface area (Å²) < 4.78 is 32.0. The van der Waals surface area contributed by atoms with E-state index in [9.17, 15) is 13.2 Å². The van der Waals surface area contributed by atoms with Crippen LogP contribution in [-0.2, 0) is 14.8 Å². The molecule has 1 aliphatic rings. The third-order valence-electron chi connectivity index (χ3n) is 3.27. The van der Waals surface area contributed by atoms with E-state index in [-0.39, 0.29) is 15.9 Å². The number of carbonyl (C=O) groups is 1. The molecule has 2 rings (SSSR count). The lowest BCUT2D eigenvalue weighted by molar-refractivity contribution is 0.0590. The zero-order valence-electron chi connectivity index (χ0n) is 11.9. The van der Waals surface area contributed by atoms with Gasteiger partial charge in [-0.1, -0.05) is 6.92 Å². The average Bonchev–Trinajstić information content (AvgIpc) is 3.07. The fourth-order valence-corrected chi connectivity index (χ4v) is 5.94. The van der Waals surface area contributed by atoms with Crippen LogP contribution in [0.25, 0.3) is 0 Å². The largest absolute Gasteiger partial charge is 0.464 e. The third kappa shape index (κ3) is 3.97. The molecule has 1 aliphatic carbocycles. The highest BCUT2D eigenvalue weighted by Gasteiger charge is 2.32. The van der Waals surface area contributed by atoms with Gasteiger partial charge >= 0.3 is 5.97 Å². The van der Waals surface area contributed by atoms with Crippen LogP contribution in [0.5, 0.6) is 0 Å². The molecule has 1 saturated carbocycles. The minimum Gasteiger partial charge on any atom is -0.464 e. The van der Waals surface area contributed by atoms with Crippen molar-refractivity contribution in [3.05, 3.63) is 11.2 Å². The second-order valence-electron chi connectivity index (χ2n) is 4.69. The molecule has 118 valence electrons. The Morgan fingerprint density at radius 2 is 2.33 bits per heavy atom. The number of methoxy groups -OCH3 is 1. The van der Waals surface area contributed by atoms with E-state index in [1.807, 2.05) is 11.8 Å². The Morgan fingerprint density at radius 3 is 3.00 bits per heavy atom. The van der Waals surface area contributed by atoms with Gasteiger partial charge in [0.15, 0.2) is 9.90 Å². The molecule has 0 aliphatic heterocycles. The number of carbonyl (C=O) groups excluding carboxylic acids is 1. The topological polar surface area (TPSA) is 85.4 Å². The second kappa shape index (κ2) is 7.08. The van der Waals surface area contributed by atoms with E-state index < -0.39 is 16.0 Å². The van der Waals surface area contributed by atoms with Gasteiger partial charge in [0.1, 0.15) is 0 Å². The molecule has 1 aromatic rings. The molecular weight excluding hydrogens is 332 g/mol. The summed E-state index contributed by atoms with van der Waals surface area (Å²) in [5, 5.41) is 0.504. The number of rotatable bonds is 6. The van der Waals surface area contributed by atoms with Gasteiger partial charge < -0.3 is 4.74 Å². The molecule has 2 atom stereocenters. The van der Waals surface area contributed by atoms with Crippen molar-refractivity contribution < 1.29 is 17.9 Å². The number of ether oxygens (including phenoxy) is 1. The van der Waals surface area contributed by atoms with Crippen LogP contribution >= 0.6 is 23.1 Å². The molecule has 0 amide bonds. The van der Waals surface area contributed by atoms with E-state index in [1.54, 1.807) is 0 Å². The molecule has 0 aromatic carbocycles. The highest BCUT2D eigenvalue weighted by molar-refractivity contribution is 7.99. The van der Waals surface area contributed by atoms with Crippen molar-refractivity contribution in [2.45, 2.75) is 41.7 Å². The third-order valence-corrected chi connectivity index (χ3v) is 7.39. The monoisotopic (exact) mass is 350 g/mol. The number of aromatic nitrogens is 1. The van der Waals surface area contributed by atoms with Crippen molar-refractivity contribution in [3.8, 4) is 0 Å². The maximum atomic E-state index is 12.4. The molecule has 2 unspecified atom stereocenters. The number of thiazole rings is 1. The summed E-state index contributed by atoms with van der Waals surface area (Å²) in [6.45, 7) is 2.10. The number of thioether (sulfide) groups is 1. The van der Waals surface area contributed by atoms with Crippen LogP contribution in [-0.4, -0.2) is 43.5 Å². The zero-order valence-corrected chi connectivity index (χ0v) is 14.3. The lowest BCUT2D eigenvalue weighted by Crippen LogP contribution is -2.33. The highest BCUT2D eigenvalue weighted by Crippen LogP contribution is 2.31. The van der Waals surface area contributed by atoms with Gasteiger partial charge in [0.25, 0.3) is 10.0 Å². The van der Waals surface area contributed by atoms with Crippen LogP contribution in [0.1, 0.15) is 36.7 Å². The summed E-state index contributed by atoms with van der Waals surface area (Å²) in [4.78, 5) is 15.3. The van der Waals surface area contributed by atoms with Crippen molar-refractivity contribution in [2.24, 2.45) is 0 Å². The normalized spacial score (nSPS) is 22.4. The molecule has 0 bridgehead atoms. The van der Waals surface area contributed by atoms with E-state index in [2.05, 4.69) is 21.4 Å². The van der Waals surface area contributed by atoms with E-state index in [4.69, 9.17) is 0 Å². The quantitative estimate of drug-likeness (QED) is 0.789. The van der Waals surface area contributed by atoms with Crippen LogP contribution in [0.4, 0.5) is 0 Å². The van der Waals surface area contributed by atoms with Gasteiger partial charge in [0, 0.05) is 11.3 Å². The Balaban J connectivity index is 2.10. The molecule has 1 aromatic heterocycles. The standard InChI is InChI=1S/C12H18N2O4S3/c1-3-19-9-5-4-8(6-9)14-21(16,17)12-10(11(15)18-2)13-7-20-12/h7-9,14H,3-6H2,1-2H3. The van der Waals surface area contributed by atoms with Crippen molar-refractivity contribution in [3.63, 3.8) is 0 Å². The molecule has 21 heavy (non-hydrogen) atoms. The summed E-state index contributed by atoms with van der Waals surface area (Å²) >= 11 is 2.79. The number of nitrogens with one attached hydrogen (secondary N) is 1. The first-order valence-electron chi connectivity index (χ1n) is 6.63. The summed E-state index contributed by atoms with van der Waals surface area (Å²) in [6, 6.07) is -0.0772. The van der Waals surface area contributed by atoms with Gasteiger partial charge in [0.05, 0.1) is 12.6 Å². The van der Waals surface area contributed by atoms with Crippen LogP contribution in [0.15, 0.2) is 9.72 Å². The first-order chi connectivity index (χ1) is 9.97. The predicted octanol–water partition coefficient (Wildman–Crippen LogP) is 1.88. The lowest BCUT2D eigenvalue weighted by Gasteiger charge is -2.13. The Kier molecular flexibility index (Phi) is 5.64. The minimum atomic E-state index is -3.73. The molecule has 0 saturated heterocycles. The smallest absolute Gasteiger partial charge is 0.358 e. The first kappa shape index (κ1) is 16.7. The fourth-order valence-electron chi connectivity index (χ4n) is 2.37. The van der Waals surface area contributed by atoms with Crippen LogP contribution in [0.2, 0.25) is 0 Å². The maximum Gasteiger partial charge on any atom is 0.358 e. The number of hydrogen-bond acceptors (Lipinski definition) is 7. The summed E-state index contributed by atoms with van der Waals surface area (Å²) in [5.74, 6) is 0.299. The van der Waals surface area contributed by atoms with Crippen LogP contribution in [0, 0.1) is 0 Å². The minimum absolute atomic E-state index is 0.0686. The molecular formula is C12H18N2O4S3. The van der Waals surface area contributed by atoms with Gasteiger partial charge in [0.2, 0.25) is 0 Å². The van der Waals surface area contributed by atoms with Crippen molar-refractivity contribution in [1.29, 1.82) is 0 Å². The van der Waals surface area contributed by atoms with Gasteiger partial charge in [-0.15, -0.1) is 11.3 Å². The Labute approximate surface area is 132 Å². The average molecular weight is 350 g/mol. The number of esters is 1. The van der Waals surface area contributed by atoms with Crippen molar-refractivity contribution in [1.82, 2.24) is 9.71 Å². The number of nitrogens with zero attached hydrogens (tertiary/aromatic N) is 1. The molecule has 0 radical (unpaired) electrons. The first-order valence-corrected chi connectivity index (χ1v) is 10.0. The Morgan fingerprint density at radius 1 is 1.57 bits per heavy atom. The fraction of sp³-hybridized carbons (Fsp3) is 0.667. The Bertz CT molecular complexity index is 599. The lowest BCUT2D eigenvalue weighted by atomic mass is 10.3. The Hall–Kier alpha value is -0.640. The molecule has 1 fully saturated rings. The van der Waals surface area contributed by atoms with E-state index >= 15 is 0 Å². The van der Waals surface area contributed by atoms with Crippen LogP contribution < -0.4 is 4.72 Å². The van der Waals surface area contributed by atoms with E-state index in [0.29, 0.717) is 5.25 Å². The van der Waals surface area contributed by atoms with Crippen LogP contribution in [0.3, 0.4) is 0 Å². The summed E-state index contributed by atoms with van der Waals surface area (Å²) in [6.07, 6.45) is 2.66. The van der Waals surface area contributed by atoms with E-state index in [0.717, 1.165) is 36.4 Å². The van der Waals surface area contributed by atoms with E-state index in [1.165, 1.54) is 12.6 Å². The zero-order chi connectivity index (χ0) is 15.5. The predicted molar refractivity (Wildman–Crippen MR) is 83.3 cm³/mol. The second-order valence-corrected chi connectivity index (χ2v) is 9.03. The molecule has 1 heterocycles. The summed E-state index contributed by atoms with van der Waals surface area (Å²) in [5.41, 5.74) is 1.19. The number of hydrogen-bond donors (Lipinski definition) is 1. The number of sulfonamides is 1. The van der Waals surface area contributed by atoms with Crippen molar-refractivity contribution in [2.75, 3.05) is 12.9 Å². The van der Waals surface area contributed by atoms with Crippen molar-refractivity contribution >= 4 is 39.1 Å². The van der Waals surface area contributed by atoms with Gasteiger partial charge in [-0.2, -0.15) is 11.8 Å².